The Morgan fingerprint density at radius 2 is 1.77 bits per heavy atom. The number of ether oxygens (including phenoxy) is 4. The van der Waals surface area contributed by atoms with Gasteiger partial charge < -0.3 is 18.9 Å². The van der Waals surface area contributed by atoms with Gasteiger partial charge in [-0.15, -0.1) is 0 Å². The fourth-order valence-electron chi connectivity index (χ4n) is 5.65. The third-order valence-corrected chi connectivity index (χ3v) is 7.78. The average molecular weight is 550 g/mol. The number of esters is 1. The molecule has 0 spiro atoms. The number of carbonyl (C=O) groups excluding carboxylic acids is 2. The Balaban J connectivity index is 1.50. The van der Waals surface area contributed by atoms with Crippen LogP contribution in [0.1, 0.15) is 53.9 Å². The number of aromatic nitrogens is 1. The number of nitrogens with zero attached hydrogens (tertiary/aromatic N) is 3. The van der Waals surface area contributed by atoms with Crippen molar-refractivity contribution in [2.75, 3.05) is 47.1 Å². The summed E-state index contributed by atoms with van der Waals surface area (Å²) >= 11 is 0. The molecule has 0 N–H and O–H groups in total. The number of aryl methyl sites for hydroxylation is 1. The molecule has 0 radical (unpaired) electrons. The molecule has 2 fully saturated rings. The molecule has 0 bridgehead atoms. The highest BCUT2D eigenvalue weighted by atomic mass is 16.6. The van der Waals surface area contributed by atoms with E-state index in [0.717, 1.165) is 66.2 Å². The molecule has 1 atom stereocenters. The van der Waals surface area contributed by atoms with E-state index in [0.29, 0.717) is 18.2 Å². The maximum Gasteiger partial charge on any atom is 0.419 e. The topological polar surface area (TPSA) is 82.5 Å². The van der Waals surface area contributed by atoms with Crippen LogP contribution in [0.3, 0.4) is 0 Å². The van der Waals surface area contributed by atoms with Gasteiger partial charge in [-0.1, -0.05) is 12.1 Å². The summed E-state index contributed by atoms with van der Waals surface area (Å²) in [7, 11) is 3.08. The van der Waals surface area contributed by atoms with Crippen LogP contribution in [0.15, 0.2) is 42.6 Å². The van der Waals surface area contributed by atoms with Gasteiger partial charge in [-0.2, -0.15) is 0 Å². The lowest BCUT2D eigenvalue weighted by Gasteiger charge is -2.47. The first-order valence-electron chi connectivity index (χ1n) is 13.7. The molecular weight excluding hydrogens is 510 g/mol. The van der Waals surface area contributed by atoms with E-state index in [9.17, 15) is 9.59 Å². The van der Waals surface area contributed by atoms with E-state index in [4.69, 9.17) is 18.9 Å². The van der Waals surface area contributed by atoms with Crippen molar-refractivity contribution in [3.63, 3.8) is 0 Å². The van der Waals surface area contributed by atoms with E-state index in [1.54, 1.807) is 17.9 Å². The second-order valence-corrected chi connectivity index (χ2v) is 11.6. The third-order valence-electron chi connectivity index (χ3n) is 7.78. The summed E-state index contributed by atoms with van der Waals surface area (Å²) in [5, 5.41) is 0.970. The summed E-state index contributed by atoms with van der Waals surface area (Å²) < 4.78 is 23.5. The molecule has 0 aliphatic carbocycles. The first kappa shape index (κ1) is 28.1. The average Bonchev–Trinajstić information content (AvgIpc) is 3.35. The molecule has 1 unspecified atom stereocenters. The molecule has 0 saturated carbocycles. The van der Waals surface area contributed by atoms with Gasteiger partial charge in [0.05, 0.1) is 44.6 Å². The van der Waals surface area contributed by atoms with Gasteiger partial charge >= 0.3 is 12.1 Å². The number of piperazine rings is 1. The standard InChI is InChI=1S/C31H39N3O6/c1-20-15-27(37-5)25(24-11-12-34(28(20)24)30(36)40-31(2,3)4)16-33-14-13-32(23-18-39-19-23)17-26(33)21-7-9-22(10-8-21)29(35)38-6/h7-12,15,23,26H,13-14,16-19H2,1-6H3. The second-order valence-electron chi connectivity index (χ2n) is 11.6. The zero-order valence-electron chi connectivity index (χ0n) is 24.2. The van der Waals surface area contributed by atoms with E-state index in [1.165, 1.54) is 7.11 Å². The highest BCUT2D eigenvalue weighted by Crippen LogP contribution is 2.37. The minimum Gasteiger partial charge on any atom is -0.496 e. The van der Waals surface area contributed by atoms with Gasteiger partial charge in [0.15, 0.2) is 0 Å². The van der Waals surface area contributed by atoms with Gasteiger partial charge in [-0.25, -0.2) is 9.59 Å². The molecule has 5 rings (SSSR count). The molecule has 214 valence electrons. The van der Waals surface area contributed by atoms with Crippen molar-refractivity contribution >= 4 is 23.0 Å². The van der Waals surface area contributed by atoms with Crippen LogP contribution in [0, 0.1) is 6.92 Å². The molecule has 9 nitrogen and oxygen atoms in total. The van der Waals surface area contributed by atoms with Gasteiger partial charge in [-0.05, 0) is 63.1 Å². The Bertz CT molecular complexity index is 1390. The molecule has 0 amide bonds. The van der Waals surface area contributed by atoms with Crippen LogP contribution in [-0.4, -0.2) is 85.1 Å². The minimum absolute atomic E-state index is 0.0926. The van der Waals surface area contributed by atoms with Crippen LogP contribution >= 0.6 is 0 Å². The number of carbonyl (C=O) groups is 2. The van der Waals surface area contributed by atoms with Gasteiger partial charge in [0, 0.05) is 49.4 Å². The van der Waals surface area contributed by atoms with Crippen LogP contribution in [0.4, 0.5) is 4.79 Å². The first-order chi connectivity index (χ1) is 19.1. The van der Waals surface area contributed by atoms with Crippen molar-refractivity contribution in [2.45, 2.75) is 51.9 Å². The summed E-state index contributed by atoms with van der Waals surface area (Å²) in [4.78, 5) is 30.1. The van der Waals surface area contributed by atoms with Crippen LogP contribution in [0.5, 0.6) is 5.75 Å². The normalized spacial score (nSPS) is 18.9. The van der Waals surface area contributed by atoms with Crippen molar-refractivity contribution in [1.29, 1.82) is 0 Å². The molecule has 40 heavy (non-hydrogen) atoms. The van der Waals surface area contributed by atoms with Crippen molar-refractivity contribution in [3.8, 4) is 5.75 Å². The van der Waals surface area contributed by atoms with E-state index in [1.807, 2.05) is 64.1 Å². The maximum absolute atomic E-state index is 13.1. The van der Waals surface area contributed by atoms with Crippen LogP contribution in [0.25, 0.3) is 10.9 Å². The van der Waals surface area contributed by atoms with Gasteiger partial charge in [-0.3, -0.25) is 14.4 Å². The fourth-order valence-corrected chi connectivity index (χ4v) is 5.65. The Morgan fingerprint density at radius 3 is 2.38 bits per heavy atom. The Hall–Kier alpha value is -3.40. The molecule has 1 aromatic heterocycles. The molecule has 2 aliphatic heterocycles. The molecular formula is C31H39N3O6. The van der Waals surface area contributed by atoms with Gasteiger partial charge in [0.1, 0.15) is 11.4 Å². The summed E-state index contributed by atoms with van der Waals surface area (Å²) in [6.07, 6.45) is 1.38. The summed E-state index contributed by atoms with van der Waals surface area (Å²) in [5.41, 5.74) is 3.86. The van der Waals surface area contributed by atoms with Gasteiger partial charge in [0.2, 0.25) is 0 Å². The summed E-state index contributed by atoms with van der Waals surface area (Å²) in [5.74, 6) is 0.447. The zero-order valence-corrected chi connectivity index (χ0v) is 24.2. The lowest BCUT2D eigenvalue weighted by Crippen LogP contribution is -2.57. The quantitative estimate of drug-likeness (QED) is 0.406. The van der Waals surface area contributed by atoms with Crippen LogP contribution in [0.2, 0.25) is 0 Å². The predicted molar refractivity (Wildman–Crippen MR) is 152 cm³/mol. The highest BCUT2D eigenvalue weighted by molar-refractivity contribution is 5.95. The maximum atomic E-state index is 13.1. The first-order valence-corrected chi connectivity index (χ1v) is 13.7. The van der Waals surface area contributed by atoms with Crippen molar-refractivity contribution in [2.24, 2.45) is 0 Å². The number of methoxy groups -OCH3 is 2. The highest BCUT2D eigenvalue weighted by Gasteiger charge is 2.35. The number of rotatable bonds is 6. The monoisotopic (exact) mass is 549 g/mol. The van der Waals surface area contributed by atoms with Crippen LogP contribution in [-0.2, 0) is 20.8 Å². The zero-order chi connectivity index (χ0) is 28.6. The Labute approximate surface area is 235 Å². The predicted octanol–water partition coefficient (Wildman–Crippen LogP) is 4.79. The lowest BCUT2D eigenvalue weighted by atomic mass is 9.97. The van der Waals surface area contributed by atoms with E-state index in [2.05, 4.69) is 9.80 Å². The van der Waals surface area contributed by atoms with Crippen LogP contribution < -0.4 is 4.74 Å². The summed E-state index contributed by atoms with van der Waals surface area (Å²) in [6, 6.07) is 12.2. The molecule has 3 heterocycles. The van der Waals surface area contributed by atoms with E-state index >= 15 is 0 Å². The fraction of sp³-hybridized carbons (Fsp3) is 0.484. The molecule has 2 aromatic carbocycles. The molecule has 2 saturated heterocycles. The Kier molecular flexibility index (Phi) is 7.90. The van der Waals surface area contributed by atoms with E-state index < -0.39 is 11.7 Å². The molecule has 2 aliphatic rings. The van der Waals surface area contributed by atoms with Crippen molar-refractivity contribution in [3.05, 3.63) is 64.8 Å². The Morgan fingerprint density at radius 1 is 1.05 bits per heavy atom. The SMILES string of the molecule is COC(=O)c1ccc(C2CN(C3COC3)CCN2Cc2c(OC)cc(C)c3c2ccn3C(=O)OC(C)(C)C)cc1. The number of fused-ring (bicyclic) bond motifs is 1. The van der Waals surface area contributed by atoms with Crippen molar-refractivity contribution < 1.29 is 28.5 Å². The smallest absolute Gasteiger partial charge is 0.419 e. The largest absolute Gasteiger partial charge is 0.496 e. The molecule has 9 heteroatoms. The number of benzene rings is 2. The number of hydrogen-bond donors (Lipinski definition) is 0. The van der Waals surface area contributed by atoms with Gasteiger partial charge in [0.25, 0.3) is 0 Å². The van der Waals surface area contributed by atoms with E-state index in [-0.39, 0.29) is 12.0 Å². The second kappa shape index (κ2) is 11.2. The number of hydrogen-bond acceptors (Lipinski definition) is 8. The summed E-state index contributed by atoms with van der Waals surface area (Å²) in [6.45, 7) is 12.4. The van der Waals surface area contributed by atoms with Crippen molar-refractivity contribution in [1.82, 2.24) is 14.4 Å². The third kappa shape index (κ3) is 5.59. The minimum atomic E-state index is -0.599. The lowest BCUT2D eigenvalue weighted by molar-refractivity contribution is -0.0877. The molecule has 3 aromatic rings.